The minimum atomic E-state index is -3.59. The van der Waals surface area contributed by atoms with E-state index in [4.69, 9.17) is 21.4 Å². The van der Waals surface area contributed by atoms with Crippen molar-refractivity contribution in [2.75, 3.05) is 6.26 Å². The summed E-state index contributed by atoms with van der Waals surface area (Å²) in [6, 6.07) is 8.26. The van der Waals surface area contributed by atoms with Crippen LogP contribution in [0.4, 0.5) is 0 Å². The van der Waals surface area contributed by atoms with Crippen LogP contribution in [0.3, 0.4) is 0 Å². The molecule has 0 N–H and O–H groups in total. The average Bonchev–Trinajstić information content (AvgIpc) is 2.73. The lowest BCUT2D eigenvalue weighted by atomic mass is 10.1. The molecule has 0 aliphatic heterocycles. The van der Waals surface area contributed by atoms with Crippen molar-refractivity contribution in [2.24, 2.45) is 0 Å². The minimum absolute atomic E-state index is 0.0974. The van der Waals surface area contributed by atoms with Crippen LogP contribution < -0.4 is 0 Å². The molecule has 0 bridgehead atoms. The van der Waals surface area contributed by atoms with Crippen LogP contribution in [0.2, 0.25) is 5.02 Å². The number of nitriles is 1. The summed E-state index contributed by atoms with van der Waals surface area (Å²) in [6.45, 7) is 0. The van der Waals surface area contributed by atoms with Crippen LogP contribution in [0.5, 0.6) is 0 Å². The number of nitrogens with zero attached hydrogens (tertiary/aromatic N) is 2. The number of benzene rings is 1. The predicted octanol–water partition coefficient (Wildman–Crippen LogP) is 2.27. The van der Waals surface area contributed by atoms with Crippen molar-refractivity contribution in [3.63, 3.8) is 0 Å². The highest BCUT2D eigenvalue weighted by atomic mass is 35.5. The van der Waals surface area contributed by atoms with Gasteiger partial charge in [0.1, 0.15) is 11.6 Å². The molecule has 0 aliphatic rings. The molecular weight excluding hydrogens is 276 g/mol. The summed E-state index contributed by atoms with van der Waals surface area (Å²) in [5.41, 5.74) is 0.443. The normalized spacial score (nSPS) is 11.2. The Balaban J connectivity index is 2.64. The van der Waals surface area contributed by atoms with Gasteiger partial charge in [0.2, 0.25) is 5.03 Å². The lowest BCUT2D eigenvalue weighted by Gasteiger charge is -1.96. The first-order chi connectivity index (χ1) is 8.43. The zero-order valence-corrected chi connectivity index (χ0v) is 10.8. The molecule has 0 saturated carbocycles. The van der Waals surface area contributed by atoms with E-state index in [1.807, 2.05) is 0 Å². The fourth-order valence-electron chi connectivity index (χ4n) is 1.43. The Bertz CT molecular complexity index is 727. The molecule has 0 radical (unpaired) electrons. The zero-order valence-electron chi connectivity index (χ0n) is 9.21. The minimum Gasteiger partial charge on any atom is -0.353 e. The Morgan fingerprint density at radius 2 is 1.94 bits per heavy atom. The molecule has 1 aromatic heterocycles. The molecule has 0 saturated heterocycles. The second kappa shape index (κ2) is 4.44. The smallest absolute Gasteiger partial charge is 0.216 e. The molecule has 0 unspecified atom stereocenters. The largest absolute Gasteiger partial charge is 0.353 e. The first kappa shape index (κ1) is 12.6. The first-order valence-electron chi connectivity index (χ1n) is 4.79. The lowest BCUT2D eigenvalue weighted by molar-refractivity contribution is 0.412. The van der Waals surface area contributed by atoms with Crippen LogP contribution in [0.1, 0.15) is 5.56 Å². The maximum Gasteiger partial charge on any atom is 0.216 e. The standard InChI is InChI=1S/C11H7ClN2O3S/c1-18(15,16)11-9(6-13)10(17-14-11)7-2-4-8(12)5-3-7/h2-5H,1H3. The molecule has 2 aromatic rings. The summed E-state index contributed by atoms with van der Waals surface area (Å²) in [5.74, 6) is 0.120. The summed E-state index contributed by atoms with van der Waals surface area (Å²) in [7, 11) is -3.59. The fraction of sp³-hybridized carbons (Fsp3) is 0.0909. The van der Waals surface area contributed by atoms with E-state index in [1.165, 1.54) is 0 Å². The molecule has 92 valence electrons. The summed E-state index contributed by atoms with van der Waals surface area (Å²) < 4.78 is 27.8. The van der Waals surface area contributed by atoms with Gasteiger partial charge in [0.15, 0.2) is 15.6 Å². The second-order valence-corrected chi connectivity index (χ2v) is 5.95. The van der Waals surface area contributed by atoms with Crippen LogP contribution in [-0.4, -0.2) is 19.8 Å². The van der Waals surface area contributed by atoms with Gasteiger partial charge < -0.3 is 4.52 Å². The van der Waals surface area contributed by atoms with Crippen molar-refractivity contribution in [3.8, 4) is 17.4 Å². The maximum atomic E-state index is 11.4. The highest BCUT2D eigenvalue weighted by Gasteiger charge is 2.24. The number of sulfone groups is 1. The van der Waals surface area contributed by atoms with Gasteiger partial charge in [-0.25, -0.2) is 8.42 Å². The molecule has 2 rings (SSSR count). The van der Waals surface area contributed by atoms with E-state index >= 15 is 0 Å². The Labute approximate surface area is 109 Å². The number of halogens is 1. The Morgan fingerprint density at radius 3 is 2.44 bits per heavy atom. The van der Waals surface area contributed by atoms with Crippen molar-refractivity contribution >= 4 is 21.4 Å². The Morgan fingerprint density at radius 1 is 1.33 bits per heavy atom. The van der Waals surface area contributed by atoms with Crippen LogP contribution in [0.25, 0.3) is 11.3 Å². The molecule has 0 aliphatic carbocycles. The molecule has 18 heavy (non-hydrogen) atoms. The van der Waals surface area contributed by atoms with Crippen LogP contribution in [-0.2, 0) is 9.84 Å². The molecule has 1 heterocycles. The Kier molecular flexibility index (Phi) is 3.11. The molecule has 0 atom stereocenters. The molecule has 0 spiro atoms. The molecular formula is C11H7ClN2O3S. The lowest BCUT2D eigenvalue weighted by Crippen LogP contribution is -1.99. The van der Waals surface area contributed by atoms with E-state index in [0.29, 0.717) is 10.6 Å². The summed E-state index contributed by atoms with van der Waals surface area (Å²) >= 11 is 5.74. The van der Waals surface area contributed by atoms with Gasteiger partial charge in [0.05, 0.1) is 0 Å². The number of aromatic nitrogens is 1. The number of rotatable bonds is 2. The van der Waals surface area contributed by atoms with Crippen LogP contribution in [0.15, 0.2) is 33.8 Å². The number of hydrogen-bond donors (Lipinski definition) is 0. The molecule has 7 heteroatoms. The summed E-state index contributed by atoms with van der Waals surface area (Å²) in [6.07, 6.45) is 0.970. The van der Waals surface area contributed by atoms with Gasteiger partial charge >= 0.3 is 0 Å². The van der Waals surface area contributed by atoms with Crippen molar-refractivity contribution in [1.29, 1.82) is 5.26 Å². The molecule has 0 fully saturated rings. The van der Waals surface area contributed by atoms with Gasteiger partial charge in [-0.15, -0.1) is 0 Å². The zero-order chi connectivity index (χ0) is 13.3. The predicted molar refractivity (Wildman–Crippen MR) is 64.8 cm³/mol. The molecule has 0 amide bonds. The van der Waals surface area contributed by atoms with Crippen molar-refractivity contribution in [1.82, 2.24) is 5.16 Å². The third-order valence-corrected chi connectivity index (χ3v) is 3.46. The van der Waals surface area contributed by atoms with E-state index in [2.05, 4.69) is 5.16 Å². The maximum absolute atomic E-state index is 11.4. The van der Waals surface area contributed by atoms with Gasteiger partial charge in [0.25, 0.3) is 0 Å². The number of hydrogen-bond acceptors (Lipinski definition) is 5. The molecule has 1 aromatic carbocycles. The summed E-state index contributed by atoms with van der Waals surface area (Å²) in [5, 5.41) is 12.6. The van der Waals surface area contributed by atoms with E-state index in [9.17, 15) is 8.42 Å². The quantitative estimate of drug-likeness (QED) is 0.843. The third-order valence-electron chi connectivity index (χ3n) is 2.23. The van der Waals surface area contributed by atoms with E-state index < -0.39 is 9.84 Å². The third kappa shape index (κ3) is 2.23. The fourth-order valence-corrected chi connectivity index (χ4v) is 2.23. The highest BCUT2D eigenvalue weighted by Crippen LogP contribution is 2.28. The van der Waals surface area contributed by atoms with Crippen molar-refractivity contribution in [3.05, 3.63) is 34.9 Å². The molecule has 5 nitrogen and oxygen atoms in total. The van der Waals surface area contributed by atoms with Crippen LogP contribution >= 0.6 is 11.6 Å². The first-order valence-corrected chi connectivity index (χ1v) is 7.06. The summed E-state index contributed by atoms with van der Waals surface area (Å²) in [4.78, 5) is 0. The van der Waals surface area contributed by atoms with Gasteiger partial charge in [-0.3, -0.25) is 0 Å². The SMILES string of the molecule is CS(=O)(=O)c1noc(-c2ccc(Cl)cc2)c1C#N. The van der Waals surface area contributed by atoms with Crippen molar-refractivity contribution in [2.45, 2.75) is 5.03 Å². The van der Waals surface area contributed by atoms with E-state index in [-0.39, 0.29) is 16.3 Å². The van der Waals surface area contributed by atoms with Gasteiger partial charge in [-0.1, -0.05) is 16.8 Å². The second-order valence-electron chi connectivity index (χ2n) is 3.58. The topological polar surface area (TPSA) is 84.0 Å². The van der Waals surface area contributed by atoms with E-state index in [0.717, 1.165) is 6.26 Å². The highest BCUT2D eigenvalue weighted by molar-refractivity contribution is 7.90. The van der Waals surface area contributed by atoms with Gasteiger partial charge in [0, 0.05) is 16.8 Å². The van der Waals surface area contributed by atoms with E-state index in [1.54, 1.807) is 30.3 Å². The monoisotopic (exact) mass is 282 g/mol. The average molecular weight is 283 g/mol. The Hall–Kier alpha value is -1.84. The van der Waals surface area contributed by atoms with Gasteiger partial charge in [-0.2, -0.15) is 5.26 Å². The van der Waals surface area contributed by atoms with Crippen LogP contribution in [0, 0.1) is 11.3 Å². The van der Waals surface area contributed by atoms with Gasteiger partial charge in [-0.05, 0) is 24.3 Å². The van der Waals surface area contributed by atoms with Crippen molar-refractivity contribution < 1.29 is 12.9 Å².